The molecule has 0 saturated carbocycles. The maximum Gasteiger partial charge on any atom is 0.252 e. The molecule has 0 bridgehead atoms. The van der Waals surface area contributed by atoms with Crippen LogP contribution in [0.5, 0.6) is 0 Å². The molecule has 0 saturated heterocycles. The van der Waals surface area contributed by atoms with E-state index in [0.717, 1.165) is 34.3 Å². The Bertz CT molecular complexity index is 1470. The average Bonchev–Trinajstić information content (AvgIpc) is 3.50. The number of benzene rings is 2. The molecule has 4 N–H and O–H groups in total. The fraction of sp³-hybridized carbons (Fsp3) is 0.115. The number of carbonyl (C=O) groups excluding carboxylic acids is 1. The first-order valence-corrected chi connectivity index (χ1v) is 11.3. The summed E-state index contributed by atoms with van der Waals surface area (Å²) in [5.41, 5.74) is 12.4. The number of rotatable bonds is 7. The molecular weight excluding hydrogens is 448 g/mol. The zero-order valence-corrected chi connectivity index (χ0v) is 19.3. The number of primary amides is 1. The molecule has 170 valence electrons. The predicted molar refractivity (Wildman–Crippen MR) is 135 cm³/mol. The number of nitrogens with two attached hydrogens (primary N) is 1. The van der Waals surface area contributed by atoms with Gasteiger partial charge in [0.2, 0.25) is 0 Å². The van der Waals surface area contributed by atoms with E-state index >= 15 is 0 Å². The average molecular weight is 471 g/mol. The Kier molecular flexibility index (Phi) is 5.77. The van der Waals surface area contributed by atoms with E-state index < -0.39 is 5.91 Å². The Morgan fingerprint density at radius 1 is 1.21 bits per heavy atom. The molecule has 3 aromatic heterocycles. The number of aromatic nitrogens is 4. The lowest BCUT2D eigenvalue weighted by Crippen LogP contribution is -2.14. The summed E-state index contributed by atoms with van der Waals surface area (Å²) in [6.45, 7) is 2.82. The SMILES string of the molecule is CCc1c(Cn2ccnc2)cccc1Nc1c(C(N)=O)cnc2[nH]c(-c3ccc(Cl)cc3)cc12. The third-order valence-electron chi connectivity index (χ3n) is 5.88. The van der Waals surface area contributed by atoms with Crippen molar-refractivity contribution in [2.75, 3.05) is 5.32 Å². The highest BCUT2D eigenvalue weighted by Crippen LogP contribution is 2.34. The van der Waals surface area contributed by atoms with Gasteiger partial charge in [0, 0.05) is 46.9 Å². The highest BCUT2D eigenvalue weighted by molar-refractivity contribution is 6.30. The number of carbonyl (C=O) groups is 1. The van der Waals surface area contributed by atoms with E-state index in [4.69, 9.17) is 17.3 Å². The van der Waals surface area contributed by atoms with Crippen molar-refractivity contribution in [3.05, 3.63) is 95.2 Å². The summed E-state index contributed by atoms with van der Waals surface area (Å²) in [5, 5.41) is 4.95. The van der Waals surface area contributed by atoms with Crippen molar-refractivity contribution in [2.45, 2.75) is 19.9 Å². The first-order chi connectivity index (χ1) is 16.5. The number of fused-ring (bicyclic) bond motifs is 1. The number of anilines is 2. The molecule has 0 radical (unpaired) electrons. The molecule has 34 heavy (non-hydrogen) atoms. The minimum Gasteiger partial charge on any atom is -0.365 e. The summed E-state index contributed by atoms with van der Waals surface area (Å²) < 4.78 is 2.03. The number of imidazole rings is 1. The third-order valence-corrected chi connectivity index (χ3v) is 6.13. The number of nitrogens with zero attached hydrogens (tertiary/aromatic N) is 3. The lowest BCUT2D eigenvalue weighted by atomic mass is 10.0. The molecule has 0 aliphatic carbocycles. The van der Waals surface area contributed by atoms with Crippen LogP contribution in [0.25, 0.3) is 22.3 Å². The Labute approximate surface area is 201 Å². The van der Waals surface area contributed by atoms with Gasteiger partial charge in [-0.15, -0.1) is 0 Å². The van der Waals surface area contributed by atoms with Gasteiger partial charge >= 0.3 is 0 Å². The van der Waals surface area contributed by atoms with Crippen molar-refractivity contribution < 1.29 is 4.79 Å². The highest BCUT2D eigenvalue weighted by atomic mass is 35.5. The summed E-state index contributed by atoms with van der Waals surface area (Å²) in [7, 11) is 0. The molecule has 2 aromatic carbocycles. The zero-order chi connectivity index (χ0) is 23.7. The molecule has 0 aliphatic heterocycles. The van der Waals surface area contributed by atoms with Crippen LogP contribution in [0.4, 0.5) is 11.4 Å². The van der Waals surface area contributed by atoms with Crippen molar-refractivity contribution in [2.24, 2.45) is 5.73 Å². The first-order valence-electron chi connectivity index (χ1n) is 10.9. The maximum absolute atomic E-state index is 12.3. The number of hydrogen-bond donors (Lipinski definition) is 3. The van der Waals surface area contributed by atoms with Crippen molar-refractivity contribution in [3.63, 3.8) is 0 Å². The number of aromatic amines is 1. The number of amides is 1. The minimum atomic E-state index is -0.543. The van der Waals surface area contributed by atoms with Gasteiger partial charge in [-0.3, -0.25) is 4.79 Å². The van der Waals surface area contributed by atoms with Crippen molar-refractivity contribution in [3.8, 4) is 11.3 Å². The highest BCUT2D eigenvalue weighted by Gasteiger charge is 2.18. The van der Waals surface area contributed by atoms with Crippen LogP contribution in [0.15, 0.2) is 73.4 Å². The van der Waals surface area contributed by atoms with Gasteiger partial charge in [0.25, 0.3) is 5.91 Å². The number of nitrogens with one attached hydrogen (secondary N) is 2. The second-order valence-corrected chi connectivity index (χ2v) is 8.46. The normalized spacial score (nSPS) is 11.1. The number of H-pyrrole nitrogens is 1. The summed E-state index contributed by atoms with van der Waals surface area (Å²) in [6.07, 6.45) is 7.84. The van der Waals surface area contributed by atoms with E-state index in [1.54, 1.807) is 12.5 Å². The lowest BCUT2D eigenvalue weighted by Gasteiger charge is -2.17. The van der Waals surface area contributed by atoms with Crippen LogP contribution >= 0.6 is 11.6 Å². The van der Waals surface area contributed by atoms with Crippen LogP contribution in [0.1, 0.15) is 28.4 Å². The summed E-state index contributed by atoms with van der Waals surface area (Å²) >= 11 is 6.05. The van der Waals surface area contributed by atoms with E-state index in [2.05, 4.69) is 33.3 Å². The molecular formula is C26H23ClN6O. The monoisotopic (exact) mass is 470 g/mol. The minimum absolute atomic E-state index is 0.330. The molecule has 3 heterocycles. The van der Waals surface area contributed by atoms with Crippen LogP contribution in [-0.4, -0.2) is 25.4 Å². The number of hydrogen-bond acceptors (Lipinski definition) is 4. The number of pyridine rings is 1. The molecule has 0 spiro atoms. The molecule has 5 aromatic rings. The smallest absolute Gasteiger partial charge is 0.252 e. The molecule has 8 heteroatoms. The third kappa shape index (κ3) is 4.13. The standard InChI is InChI=1S/C26H23ClN6O/c1-2-19-17(14-33-11-10-29-15-33)4-3-5-22(19)31-24-20-12-23(16-6-8-18(27)9-7-16)32-26(20)30-13-21(24)25(28)34/h3-13,15H,2,14H2,1H3,(H2,28,34)(H2,30,31,32). The van der Waals surface area contributed by atoms with Crippen molar-refractivity contribution >= 4 is 39.9 Å². The van der Waals surface area contributed by atoms with Gasteiger partial charge in [0.1, 0.15) is 5.65 Å². The molecule has 0 aliphatic rings. The van der Waals surface area contributed by atoms with Crippen LogP contribution in [0.2, 0.25) is 5.02 Å². The quantitative estimate of drug-likeness (QED) is 0.291. The maximum atomic E-state index is 12.3. The second kappa shape index (κ2) is 9.03. The molecule has 1 amide bonds. The Balaban J connectivity index is 1.61. The Morgan fingerprint density at radius 2 is 2.03 bits per heavy atom. The largest absolute Gasteiger partial charge is 0.365 e. The molecule has 0 atom stereocenters. The van der Waals surface area contributed by atoms with Crippen LogP contribution < -0.4 is 11.1 Å². The van der Waals surface area contributed by atoms with E-state index in [9.17, 15) is 4.79 Å². The predicted octanol–water partition coefficient (Wildman–Crippen LogP) is 5.53. The molecule has 5 rings (SSSR count). The van der Waals surface area contributed by atoms with E-state index in [0.29, 0.717) is 28.5 Å². The zero-order valence-electron chi connectivity index (χ0n) is 18.5. The van der Waals surface area contributed by atoms with Gasteiger partial charge in [0.05, 0.1) is 17.6 Å². The molecule has 0 fully saturated rings. The summed E-state index contributed by atoms with van der Waals surface area (Å²) in [6, 6.07) is 15.6. The second-order valence-electron chi connectivity index (χ2n) is 8.02. The van der Waals surface area contributed by atoms with Crippen molar-refractivity contribution in [1.82, 2.24) is 19.5 Å². The van der Waals surface area contributed by atoms with Gasteiger partial charge in [-0.1, -0.05) is 42.8 Å². The van der Waals surface area contributed by atoms with Gasteiger partial charge in [-0.2, -0.15) is 0 Å². The Morgan fingerprint density at radius 3 is 2.74 bits per heavy atom. The Hall–Kier alpha value is -4.10. The van der Waals surface area contributed by atoms with Crippen LogP contribution in [-0.2, 0) is 13.0 Å². The van der Waals surface area contributed by atoms with E-state index in [1.807, 2.05) is 53.2 Å². The fourth-order valence-electron chi connectivity index (χ4n) is 4.21. The van der Waals surface area contributed by atoms with Gasteiger partial charge < -0.3 is 20.6 Å². The van der Waals surface area contributed by atoms with Gasteiger partial charge in [-0.25, -0.2) is 9.97 Å². The van der Waals surface area contributed by atoms with Crippen LogP contribution in [0, 0.1) is 0 Å². The van der Waals surface area contributed by atoms with E-state index in [1.165, 1.54) is 11.8 Å². The molecule has 7 nitrogen and oxygen atoms in total. The topological polar surface area (TPSA) is 102 Å². The fourth-order valence-corrected chi connectivity index (χ4v) is 4.34. The summed E-state index contributed by atoms with van der Waals surface area (Å²) in [5.74, 6) is -0.543. The first kappa shape index (κ1) is 21.7. The summed E-state index contributed by atoms with van der Waals surface area (Å²) in [4.78, 5) is 24.2. The van der Waals surface area contributed by atoms with E-state index in [-0.39, 0.29) is 0 Å². The van der Waals surface area contributed by atoms with Crippen molar-refractivity contribution in [1.29, 1.82) is 0 Å². The van der Waals surface area contributed by atoms with Crippen LogP contribution in [0.3, 0.4) is 0 Å². The lowest BCUT2D eigenvalue weighted by molar-refractivity contribution is 0.100. The molecule has 0 unspecified atom stereocenters. The number of halogens is 1. The van der Waals surface area contributed by atoms with Gasteiger partial charge in [-0.05, 0) is 47.4 Å². The van der Waals surface area contributed by atoms with Gasteiger partial charge in [0.15, 0.2) is 0 Å².